The Hall–Kier alpha value is -1.60. The Labute approximate surface area is 114 Å². The van der Waals surface area contributed by atoms with Crippen molar-refractivity contribution in [3.05, 3.63) is 17.5 Å². The summed E-state index contributed by atoms with van der Waals surface area (Å²) < 4.78 is 6.79. The summed E-state index contributed by atoms with van der Waals surface area (Å²) in [5.74, 6) is 6.02. The Morgan fingerprint density at radius 3 is 3.00 bits per heavy atom. The van der Waals surface area contributed by atoms with Crippen molar-refractivity contribution in [2.45, 2.75) is 26.3 Å². The van der Waals surface area contributed by atoms with E-state index in [0.717, 1.165) is 30.6 Å². The number of nitrogens with two attached hydrogens (primary N) is 1. The van der Waals surface area contributed by atoms with Gasteiger partial charge >= 0.3 is 0 Å². The van der Waals surface area contributed by atoms with Crippen molar-refractivity contribution in [3.8, 4) is 0 Å². The van der Waals surface area contributed by atoms with Crippen molar-refractivity contribution in [2.75, 3.05) is 20.3 Å². The molecule has 1 aromatic rings. The minimum absolute atomic E-state index is 0.563. The summed E-state index contributed by atoms with van der Waals surface area (Å²) in [5.41, 5.74) is 4.76. The van der Waals surface area contributed by atoms with Crippen molar-refractivity contribution in [2.24, 2.45) is 17.9 Å². The van der Waals surface area contributed by atoms with E-state index in [2.05, 4.69) is 27.8 Å². The Morgan fingerprint density at radius 1 is 1.58 bits per heavy atom. The summed E-state index contributed by atoms with van der Waals surface area (Å²) in [7, 11) is 3.60. The number of hydrogen-bond acceptors (Lipinski definition) is 4. The first kappa shape index (κ1) is 15.5. The summed E-state index contributed by atoms with van der Waals surface area (Å²) in [6.07, 6.45) is 3.80. The van der Waals surface area contributed by atoms with Crippen LogP contribution in [0.1, 0.15) is 24.6 Å². The zero-order valence-electron chi connectivity index (χ0n) is 11.9. The van der Waals surface area contributed by atoms with Gasteiger partial charge in [-0.05, 0) is 12.8 Å². The van der Waals surface area contributed by atoms with Crippen LogP contribution in [-0.4, -0.2) is 36.0 Å². The highest BCUT2D eigenvalue weighted by atomic mass is 16.5. The molecule has 0 saturated heterocycles. The predicted molar refractivity (Wildman–Crippen MR) is 75.5 cm³/mol. The van der Waals surface area contributed by atoms with Crippen molar-refractivity contribution in [1.29, 1.82) is 0 Å². The summed E-state index contributed by atoms with van der Waals surface area (Å²) in [5, 5.41) is 7.50. The van der Waals surface area contributed by atoms with Gasteiger partial charge in [-0.25, -0.2) is 10.8 Å². The van der Waals surface area contributed by atoms with Gasteiger partial charge in [0.05, 0.1) is 12.2 Å². The fraction of sp³-hybridized carbons (Fsp3) is 0.667. The molecular formula is C12H24N6O. The van der Waals surface area contributed by atoms with Crippen LogP contribution in [0.3, 0.4) is 0 Å². The highest BCUT2D eigenvalue weighted by Gasteiger charge is 2.05. The SMILES string of the molecule is CCc1nn(C)cc1CN=C(NN)NCCCOC. The van der Waals surface area contributed by atoms with Gasteiger partial charge in [0.2, 0.25) is 5.96 Å². The largest absolute Gasteiger partial charge is 0.385 e. The molecule has 0 atom stereocenters. The molecule has 1 rings (SSSR count). The molecule has 108 valence electrons. The molecule has 0 radical (unpaired) electrons. The van der Waals surface area contributed by atoms with E-state index in [4.69, 9.17) is 10.6 Å². The van der Waals surface area contributed by atoms with Crippen LogP contribution < -0.4 is 16.6 Å². The molecule has 0 unspecified atom stereocenters. The molecule has 0 aromatic carbocycles. The van der Waals surface area contributed by atoms with Crippen LogP contribution in [0.2, 0.25) is 0 Å². The molecule has 0 amide bonds. The van der Waals surface area contributed by atoms with Gasteiger partial charge in [0.1, 0.15) is 0 Å². The summed E-state index contributed by atoms with van der Waals surface area (Å²) >= 11 is 0. The first-order valence-electron chi connectivity index (χ1n) is 6.46. The summed E-state index contributed by atoms with van der Waals surface area (Å²) in [4.78, 5) is 4.41. The van der Waals surface area contributed by atoms with Crippen molar-refractivity contribution in [3.63, 3.8) is 0 Å². The van der Waals surface area contributed by atoms with Gasteiger partial charge in [-0.15, -0.1) is 0 Å². The number of methoxy groups -OCH3 is 1. The number of ether oxygens (including phenoxy) is 1. The van der Waals surface area contributed by atoms with E-state index < -0.39 is 0 Å². The van der Waals surface area contributed by atoms with Crippen LogP contribution in [0.4, 0.5) is 0 Å². The van der Waals surface area contributed by atoms with Crippen LogP contribution in [0.25, 0.3) is 0 Å². The number of nitrogens with zero attached hydrogens (tertiary/aromatic N) is 3. The van der Waals surface area contributed by atoms with Crippen LogP contribution in [0.5, 0.6) is 0 Å². The third-order valence-corrected chi connectivity index (χ3v) is 2.69. The molecule has 7 heteroatoms. The standard InChI is InChI=1S/C12H24N6O/c1-4-11-10(9-18(2)17-11)8-15-12(16-13)14-6-5-7-19-3/h9H,4-8,13H2,1-3H3,(H2,14,15,16). The molecule has 7 nitrogen and oxygen atoms in total. The fourth-order valence-corrected chi connectivity index (χ4v) is 1.75. The molecule has 0 aliphatic rings. The Morgan fingerprint density at radius 2 is 2.37 bits per heavy atom. The van der Waals surface area contributed by atoms with E-state index in [1.165, 1.54) is 0 Å². The lowest BCUT2D eigenvalue weighted by atomic mass is 10.2. The number of hydrazine groups is 1. The molecule has 0 fully saturated rings. The maximum atomic E-state index is 5.43. The van der Waals surface area contributed by atoms with E-state index in [9.17, 15) is 0 Å². The van der Waals surface area contributed by atoms with Crippen LogP contribution in [0.15, 0.2) is 11.2 Å². The van der Waals surface area contributed by atoms with Crippen molar-refractivity contribution >= 4 is 5.96 Å². The number of aryl methyl sites for hydroxylation is 2. The second-order valence-electron chi connectivity index (χ2n) is 4.21. The Bertz CT molecular complexity index is 401. The zero-order valence-corrected chi connectivity index (χ0v) is 11.9. The fourth-order valence-electron chi connectivity index (χ4n) is 1.75. The normalized spacial score (nSPS) is 11.7. The smallest absolute Gasteiger partial charge is 0.206 e. The van der Waals surface area contributed by atoms with E-state index in [-0.39, 0.29) is 0 Å². The van der Waals surface area contributed by atoms with Crippen LogP contribution >= 0.6 is 0 Å². The number of nitrogens with one attached hydrogen (secondary N) is 2. The molecular weight excluding hydrogens is 244 g/mol. The van der Waals surface area contributed by atoms with Gasteiger partial charge in [-0.2, -0.15) is 5.10 Å². The molecule has 1 heterocycles. The van der Waals surface area contributed by atoms with Gasteiger partial charge in [0, 0.05) is 39.1 Å². The molecule has 19 heavy (non-hydrogen) atoms. The Balaban J connectivity index is 2.51. The molecule has 0 aliphatic heterocycles. The number of aromatic nitrogens is 2. The average molecular weight is 268 g/mol. The predicted octanol–water partition coefficient (Wildman–Crippen LogP) is -0.0721. The maximum Gasteiger partial charge on any atom is 0.206 e. The highest BCUT2D eigenvalue weighted by molar-refractivity contribution is 5.79. The monoisotopic (exact) mass is 268 g/mol. The van der Waals surface area contributed by atoms with Gasteiger partial charge in [0.15, 0.2) is 0 Å². The number of hydrogen-bond donors (Lipinski definition) is 3. The third-order valence-electron chi connectivity index (χ3n) is 2.69. The lowest BCUT2D eigenvalue weighted by Crippen LogP contribution is -2.42. The van der Waals surface area contributed by atoms with Gasteiger partial charge < -0.3 is 10.1 Å². The lowest BCUT2D eigenvalue weighted by Gasteiger charge is -2.08. The maximum absolute atomic E-state index is 5.43. The Kier molecular flexibility index (Phi) is 6.91. The number of aliphatic imine (C=N–C) groups is 1. The molecule has 4 N–H and O–H groups in total. The molecule has 0 saturated carbocycles. The third kappa shape index (κ3) is 5.27. The van der Waals surface area contributed by atoms with Gasteiger partial charge in [-0.1, -0.05) is 6.92 Å². The zero-order chi connectivity index (χ0) is 14.1. The second-order valence-corrected chi connectivity index (χ2v) is 4.21. The average Bonchev–Trinajstić information content (AvgIpc) is 2.78. The second kappa shape index (κ2) is 8.49. The lowest BCUT2D eigenvalue weighted by molar-refractivity contribution is 0.195. The van der Waals surface area contributed by atoms with Crippen LogP contribution in [-0.2, 0) is 24.8 Å². The summed E-state index contributed by atoms with van der Waals surface area (Å²) in [6.45, 7) is 4.13. The molecule has 1 aromatic heterocycles. The van der Waals surface area contributed by atoms with E-state index in [1.807, 2.05) is 17.9 Å². The van der Waals surface area contributed by atoms with E-state index in [1.54, 1.807) is 7.11 Å². The molecule has 0 bridgehead atoms. The van der Waals surface area contributed by atoms with Crippen molar-refractivity contribution < 1.29 is 4.74 Å². The molecule has 0 aliphatic carbocycles. The van der Waals surface area contributed by atoms with E-state index in [0.29, 0.717) is 19.1 Å². The number of rotatable bonds is 7. The first-order chi connectivity index (χ1) is 9.21. The van der Waals surface area contributed by atoms with E-state index >= 15 is 0 Å². The van der Waals surface area contributed by atoms with Crippen molar-refractivity contribution in [1.82, 2.24) is 20.5 Å². The first-order valence-corrected chi connectivity index (χ1v) is 6.46. The highest BCUT2D eigenvalue weighted by Crippen LogP contribution is 2.08. The van der Waals surface area contributed by atoms with Crippen LogP contribution in [0, 0.1) is 0 Å². The number of guanidine groups is 1. The minimum Gasteiger partial charge on any atom is -0.385 e. The minimum atomic E-state index is 0.563. The van der Waals surface area contributed by atoms with Gasteiger partial charge in [0.25, 0.3) is 0 Å². The molecule has 0 spiro atoms. The topological polar surface area (TPSA) is 89.5 Å². The van der Waals surface area contributed by atoms with Gasteiger partial charge in [-0.3, -0.25) is 10.1 Å². The summed E-state index contributed by atoms with van der Waals surface area (Å²) in [6, 6.07) is 0. The quantitative estimate of drug-likeness (QED) is 0.212.